The van der Waals surface area contributed by atoms with Crippen LogP contribution in [-0.2, 0) is 47.4 Å². The second-order valence-electron chi connectivity index (χ2n) is 23.2. The smallest absolute Gasteiger partial charge is 0.200 e. The molecule has 10 aliphatic rings. The van der Waals surface area contributed by atoms with Gasteiger partial charge in [-0.25, -0.2) is 0 Å². The minimum Gasteiger partial charge on any atom is -0.393 e. The molecule has 4 aliphatic carbocycles. The first kappa shape index (κ1) is 53.3. The fourth-order valence-corrected chi connectivity index (χ4v) is 15.2. The first-order valence-electron chi connectivity index (χ1n) is 25.9. The summed E-state index contributed by atoms with van der Waals surface area (Å²) >= 11 is 0. The van der Waals surface area contributed by atoms with Crippen LogP contribution in [0.25, 0.3) is 0 Å². The fourth-order valence-electron chi connectivity index (χ4n) is 15.2. The van der Waals surface area contributed by atoms with Crippen molar-refractivity contribution in [1.82, 2.24) is 0 Å². The summed E-state index contributed by atoms with van der Waals surface area (Å²) in [5.41, 5.74) is 0.128. The molecule has 0 radical (unpaired) electrons. The van der Waals surface area contributed by atoms with Crippen LogP contribution in [0.2, 0.25) is 0 Å². The van der Waals surface area contributed by atoms with E-state index in [4.69, 9.17) is 47.4 Å². The highest BCUT2D eigenvalue weighted by Gasteiger charge is 2.72. The summed E-state index contributed by atoms with van der Waals surface area (Å²) in [5.74, 6) is -1.70. The van der Waals surface area contributed by atoms with E-state index < -0.39 is 153 Å². The van der Waals surface area contributed by atoms with Gasteiger partial charge in [0, 0.05) is 23.7 Å². The number of ether oxygens (including phenoxy) is 10. The van der Waals surface area contributed by atoms with E-state index in [9.17, 15) is 61.3 Å². The molecule has 0 aromatic rings. The summed E-state index contributed by atoms with van der Waals surface area (Å²) in [5, 5.41) is 131. The Bertz CT molecular complexity index is 1920. The maximum Gasteiger partial charge on any atom is 0.200 e. The Morgan fingerprint density at radius 1 is 0.592 bits per heavy atom. The van der Waals surface area contributed by atoms with Crippen LogP contribution in [0.1, 0.15) is 80.1 Å². The summed E-state index contributed by atoms with van der Waals surface area (Å²) in [6.45, 7) is 10.9. The Balaban J connectivity index is 0.895. The first-order valence-corrected chi connectivity index (χ1v) is 25.9. The molecule has 32 atom stereocenters. The van der Waals surface area contributed by atoms with E-state index in [0.717, 1.165) is 24.8 Å². The van der Waals surface area contributed by atoms with Crippen LogP contribution in [0.15, 0.2) is 11.6 Å². The molecule has 406 valence electrons. The topological polar surface area (TPSA) is 335 Å². The highest BCUT2D eigenvalue weighted by atomic mass is 16.8. The van der Waals surface area contributed by atoms with E-state index in [0.29, 0.717) is 12.8 Å². The molecule has 0 bridgehead atoms. The van der Waals surface area contributed by atoms with Crippen molar-refractivity contribution in [3.05, 3.63) is 11.6 Å². The monoisotopic (exact) mass is 1020 g/mol. The van der Waals surface area contributed by atoms with Crippen LogP contribution in [0.3, 0.4) is 0 Å². The Labute approximate surface area is 412 Å². The summed E-state index contributed by atoms with van der Waals surface area (Å²) < 4.78 is 62.7. The molecular formula is C49H78O22. The zero-order valence-corrected chi connectivity index (χ0v) is 41.1. The Morgan fingerprint density at radius 3 is 1.85 bits per heavy atom. The zero-order chi connectivity index (χ0) is 51.0. The number of aliphatic hydroxyl groups excluding tert-OH is 12. The van der Waals surface area contributed by atoms with Gasteiger partial charge in [-0.05, 0) is 75.0 Å². The number of allylic oxidation sites excluding steroid dienone is 1. The second kappa shape index (κ2) is 19.7. The number of fused-ring (bicyclic) bond motifs is 7. The van der Waals surface area contributed by atoms with Crippen molar-refractivity contribution in [3.8, 4) is 0 Å². The van der Waals surface area contributed by atoms with Crippen molar-refractivity contribution < 1.29 is 109 Å². The molecule has 22 heteroatoms. The second-order valence-corrected chi connectivity index (χ2v) is 23.2. The van der Waals surface area contributed by atoms with Gasteiger partial charge < -0.3 is 109 Å². The number of hydrogen-bond acceptors (Lipinski definition) is 22. The average molecular weight is 1020 g/mol. The molecule has 6 aliphatic heterocycles. The maximum absolute atomic E-state index is 12.2. The molecule has 12 N–H and O–H groups in total. The van der Waals surface area contributed by atoms with E-state index in [1.54, 1.807) is 6.92 Å². The molecule has 6 heterocycles. The van der Waals surface area contributed by atoms with Gasteiger partial charge in [-0.15, -0.1) is 0 Å². The lowest BCUT2D eigenvalue weighted by atomic mass is 9.46. The van der Waals surface area contributed by atoms with Gasteiger partial charge in [-0.2, -0.15) is 0 Å². The summed E-state index contributed by atoms with van der Waals surface area (Å²) in [4.78, 5) is 0. The van der Waals surface area contributed by atoms with Gasteiger partial charge in [0.25, 0.3) is 0 Å². The molecule has 10 rings (SSSR count). The largest absolute Gasteiger partial charge is 0.393 e. The van der Waals surface area contributed by atoms with Crippen molar-refractivity contribution in [2.75, 3.05) is 19.8 Å². The van der Waals surface area contributed by atoms with Crippen molar-refractivity contribution in [3.63, 3.8) is 0 Å². The quantitative estimate of drug-likeness (QED) is 0.110. The molecule has 0 aromatic carbocycles. The molecule has 1 spiro atoms. The molecule has 9 fully saturated rings. The number of hydrogen-bond donors (Lipinski definition) is 12. The summed E-state index contributed by atoms with van der Waals surface area (Å²) in [6.07, 6.45) is -24.1. The van der Waals surface area contributed by atoms with Crippen molar-refractivity contribution in [1.29, 1.82) is 0 Å². The molecule has 6 saturated heterocycles. The van der Waals surface area contributed by atoms with Crippen LogP contribution < -0.4 is 0 Å². The highest BCUT2D eigenvalue weighted by molar-refractivity contribution is 5.29. The average Bonchev–Trinajstić information content (AvgIpc) is 3.79. The summed E-state index contributed by atoms with van der Waals surface area (Å²) in [7, 11) is 0. The van der Waals surface area contributed by atoms with E-state index in [2.05, 4.69) is 26.8 Å². The van der Waals surface area contributed by atoms with Crippen molar-refractivity contribution in [2.45, 2.75) is 227 Å². The molecule has 0 amide bonds. The lowest BCUT2D eigenvalue weighted by Crippen LogP contribution is -2.65. The molecule has 3 saturated carbocycles. The highest BCUT2D eigenvalue weighted by Crippen LogP contribution is 2.71. The van der Waals surface area contributed by atoms with Crippen LogP contribution in [0, 0.1) is 46.3 Å². The Morgan fingerprint density at radius 2 is 1.18 bits per heavy atom. The summed E-state index contributed by atoms with van der Waals surface area (Å²) in [6, 6.07) is 0. The normalized spacial score (nSPS) is 59.5. The van der Waals surface area contributed by atoms with E-state index >= 15 is 0 Å². The molecule has 71 heavy (non-hydrogen) atoms. The lowest BCUT2D eigenvalue weighted by Gasteiger charge is -2.61. The SMILES string of the molecule is C[C@@H]1O[C@@H](O[C@H]2[C@H](O[C@@H]3C[C@H](O)CC4=CC[C@H]5[C@@H]6C[C@@H]7O[C@@]8(OC[C@H](C)[C@H](O[C@@H]9O[C@H](C)[C@H](O)[C@H](O)[C@H]9O)[C@@H]8O)[C@@H](C)[C@@H]7[C@@]6(C)CC[C@@H]5[C@]43C)OC[C@H](O)[C@@H]2O[C@@H]2OC[C@H](O)[C@H](O)[C@H]2O)[C@H](O)[C@H](O)[C@H]1O. The molecular weight excluding hydrogens is 941 g/mol. The Hall–Kier alpha value is -1.14. The van der Waals surface area contributed by atoms with Gasteiger partial charge in [0.1, 0.15) is 79.4 Å². The molecule has 0 unspecified atom stereocenters. The minimum absolute atomic E-state index is 0.0169. The molecule has 22 nitrogen and oxygen atoms in total. The van der Waals surface area contributed by atoms with Crippen LogP contribution in [0.5, 0.6) is 0 Å². The zero-order valence-electron chi connectivity index (χ0n) is 41.1. The third-order valence-electron chi connectivity index (χ3n) is 19.2. The van der Waals surface area contributed by atoms with Gasteiger partial charge in [-0.3, -0.25) is 0 Å². The Kier molecular flexibility index (Phi) is 14.8. The lowest BCUT2D eigenvalue weighted by molar-refractivity contribution is -0.382. The predicted octanol–water partition coefficient (Wildman–Crippen LogP) is -2.74. The van der Waals surface area contributed by atoms with Crippen molar-refractivity contribution >= 4 is 0 Å². The van der Waals surface area contributed by atoms with Crippen molar-refractivity contribution in [2.24, 2.45) is 46.3 Å². The van der Waals surface area contributed by atoms with Gasteiger partial charge >= 0.3 is 0 Å². The van der Waals surface area contributed by atoms with Gasteiger partial charge in [-0.1, -0.05) is 39.3 Å². The predicted molar refractivity (Wildman–Crippen MR) is 238 cm³/mol. The van der Waals surface area contributed by atoms with E-state index in [-0.39, 0.29) is 66.7 Å². The third-order valence-corrected chi connectivity index (χ3v) is 19.2. The maximum atomic E-state index is 12.2. The van der Waals surface area contributed by atoms with E-state index in [1.807, 2.05) is 6.92 Å². The minimum atomic E-state index is -1.77. The van der Waals surface area contributed by atoms with E-state index in [1.165, 1.54) is 6.92 Å². The van der Waals surface area contributed by atoms with Gasteiger partial charge in [0.15, 0.2) is 30.9 Å². The van der Waals surface area contributed by atoms with Crippen LogP contribution >= 0.6 is 0 Å². The number of aliphatic hydroxyl groups is 12. The standard InChI is InChI=1S/C49H78O22/c1-17-14-64-49(42(61)39(17)68-44-37(59)34(56)31(53)19(3)65-44)18(2)30-28(71-49)13-25-23-8-7-21-11-22(50)12-29(48(21,6)24(23)9-10-47(25,30)5)67-46-41(70-45-38(60)35(57)32(54)20(4)66-45)40(27(52)16-63-46)69-43-36(58)33(55)26(51)15-62-43/h7,17-20,22-46,50-61H,8-16H2,1-6H3/t17-,18-,19+,20-,22+,23+,24-,25-,26-,27-,28-,29+,30-,31-,32-,33-,34-,35+,36+,37+,38+,39-,40-,41+,42-,43-,44-,45-,46-,47-,48-,49-/m0/s1. The number of rotatable bonds is 8. The van der Waals surface area contributed by atoms with Crippen LogP contribution in [0.4, 0.5) is 0 Å². The van der Waals surface area contributed by atoms with Gasteiger partial charge in [0.05, 0.1) is 56.4 Å². The first-order chi connectivity index (χ1) is 33.5. The fraction of sp³-hybridized carbons (Fsp3) is 0.959. The molecule has 0 aromatic heterocycles. The van der Waals surface area contributed by atoms with Crippen LogP contribution in [-0.4, -0.2) is 228 Å². The third kappa shape index (κ3) is 8.63. The van der Waals surface area contributed by atoms with Gasteiger partial charge in [0.2, 0.25) is 0 Å².